The molecule has 5 unspecified atom stereocenters. The Morgan fingerprint density at radius 2 is 1.77 bits per heavy atom. The summed E-state index contributed by atoms with van der Waals surface area (Å²) in [6.07, 6.45) is 11.3. The number of ether oxygens (including phenoxy) is 1. The first-order valence-corrected chi connectivity index (χ1v) is 15.4. The molecule has 2 saturated heterocycles. The van der Waals surface area contributed by atoms with Crippen molar-refractivity contribution in [1.82, 2.24) is 15.1 Å². The summed E-state index contributed by atoms with van der Waals surface area (Å²) in [5.74, 6) is -2.28. The Hall–Kier alpha value is -2.13. The van der Waals surface area contributed by atoms with E-state index in [2.05, 4.69) is 29.5 Å². The largest absolute Gasteiger partial charge is 0.359 e. The first-order valence-electron chi connectivity index (χ1n) is 14.7. The Kier molecular flexibility index (Phi) is 9.10. The van der Waals surface area contributed by atoms with Crippen LogP contribution in [0.4, 0.5) is 5.69 Å². The van der Waals surface area contributed by atoms with Crippen LogP contribution in [0.2, 0.25) is 10.0 Å². The highest BCUT2D eigenvalue weighted by atomic mass is 35.5. The van der Waals surface area contributed by atoms with Gasteiger partial charge in [0, 0.05) is 28.3 Å². The molecule has 4 aliphatic rings. The van der Waals surface area contributed by atoms with Crippen molar-refractivity contribution < 1.29 is 19.1 Å². The third-order valence-electron chi connectivity index (χ3n) is 8.84. The molecular formula is C30H40Cl2N4O4. The van der Waals surface area contributed by atoms with Crippen LogP contribution in [0.15, 0.2) is 30.4 Å². The average Bonchev–Trinajstić information content (AvgIpc) is 3.55. The fourth-order valence-electron chi connectivity index (χ4n) is 6.94. The summed E-state index contributed by atoms with van der Waals surface area (Å²) < 4.78 is 6.45. The quantitative estimate of drug-likeness (QED) is 0.366. The Bertz CT molecular complexity index is 1140. The van der Waals surface area contributed by atoms with Gasteiger partial charge >= 0.3 is 0 Å². The summed E-state index contributed by atoms with van der Waals surface area (Å²) in [5, 5.41) is 6.92. The maximum absolute atomic E-state index is 14.1. The lowest BCUT2D eigenvalue weighted by Crippen LogP contribution is -2.56. The predicted molar refractivity (Wildman–Crippen MR) is 156 cm³/mol. The lowest BCUT2D eigenvalue weighted by molar-refractivity contribution is -0.141. The SMILES string of the molecule is CCCCN(C)CCCN1C(=O)C2C(C(=O)Nc3cc(Cl)cc(Cl)c3)C3C=CC2(O3)C1C(=O)NC1CCCCC1. The lowest BCUT2D eigenvalue weighted by Gasteiger charge is -2.34. The maximum Gasteiger partial charge on any atom is 0.246 e. The first-order chi connectivity index (χ1) is 19.2. The van der Waals surface area contributed by atoms with Crippen LogP contribution in [-0.4, -0.2) is 78.0 Å². The minimum atomic E-state index is -1.16. The van der Waals surface area contributed by atoms with Gasteiger partial charge in [-0.25, -0.2) is 0 Å². The highest BCUT2D eigenvalue weighted by Crippen LogP contribution is 2.55. The molecule has 0 aromatic heterocycles. The van der Waals surface area contributed by atoms with E-state index in [0.717, 1.165) is 58.0 Å². The fraction of sp³-hybridized carbons (Fsp3) is 0.633. The highest BCUT2D eigenvalue weighted by molar-refractivity contribution is 6.35. The van der Waals surface area contributed by atoms with E-state index in [1.807, 2.05) is 12.2 Å². The number of fused-ring (bicyclic) bond motifs is 1. The topological polar surface area (TPSA) is 91.0 Å². The van der Waals surface area contributed by atoms with Crippen molar-refractivity contribution in [1.29, 1.82) is 0 Å². The molecule has 2 bridgehead atoms. The van der Waals surface area contributed by atoms with E-state index in [1.54, 1.807) is 23.1 Å². The second kappa shape index (κ2) is 12.4. The molecule has 8 nitrogen and oxygen atoms in total. The molecule has 1 aliphatic carbocycles. The van der Waals surface area contributed by atoms with E-state index >= 15 is 0 Å². The first kappa shape index (κ1) is 29.4. The smallest absolute Gasteiger partial charge is 0.246 e. The van der Waals surface area contributed by atoms with Crippen molar-refractivity contribution in [2.24, 2.45) is 11.8 Å². The van der Waals surface area contributed by atoms with Crippen molar-refractivity contribution in [2.45, 2.75) is 82.1 Å². The van der Waals surface area contributed by atoms with Crippen LogP contribution in [0.25, 0.3) is 0 Å². The summed E-state index contributed by atoms with van der Waals surface area (Å²) in [6.45, 7) is 4.40. The standard InChI is InChI=1S/C30H40Cl2N4O4/c1-3-4-13-35(2)14-8-15-36-26(28(38)33-21-9-6-5-7-10-21)30-12-11-23(40-30)24(25(30)29(36)39)27(37)34-22-17-19(31)16-20(32)18-22/h11-12,16-18,21,23-26H,3-10,13-15H2,1-2H3,(H,33,38)(H,34,37). The molecule has 1 aromatic rings. The summed E-state index contributed by atoms with van der Waals surface area (Å²) in [5.41, 5.74) is -0.713. The van der Waals surface area contributed by atoms with Gasteiger partial charge in [-0.2, -0.15) is 0 Å². The number of hydrogen-bond acceptors (Lipinski definition) is 5. The van der Waals surface area contributed by atoms with Gasteiger partial charge in [-0.15, -0.1) is 0 Å². The number of likely N-dealkylation sites (tertiary alicyclic amines) is 1. The third kappa shape index (κ3) is 5.78. The number of hydrogen-bond donors (Lipinski definition) is 2. The maximum atomic E-state index is 14.1. The fourth-order valence-corrected chi connectivity index (χ4v) is 7.46. The number of nitrogens with one attached hydrogen (secondary N) is 2. The number of carbonyl (C=O) groups excluding carboxylic acids is 3. The minimum Gasteiger partial charge on any atom is -0.359 e. The predicted octanol–water partition coefficient (Wildman–Crippen LogP) is 4.65. The molecule has 3 heterocycles. The molecule has 1 saturated carbocycles. The van der Waals surface area contributed by atoms with Crippen molar-refractivity contribution in [2.75, 3.05) is 32.0 Å². The number of nitrogens with zero attached hydrogens (tertiary/aromatic N) is 2. The Morgan fingerprint density at radius 3 is 2.48 bits per heavy atom. The van der Waals surface area contributed by atoms with E-state index in [9.17, 15) is 14.4 Å². The molecule has 3 aliphatic heterocycles. The number of unbranched alkanes of at least 4 members (excludes halogenated alkanes) is 1. The molecule has 1 spiro atoms. The van der Waals surface area contributed by atoms with Gasteiger partial charge in [-0.1, -0.05) is 68.0 Å². The Labute approximate surface area is 246 Å². The molecule has 5 atom stereocenters. The summed E-state index contributed by atoms with van der Waals surface area (Å²) >= 11 is 12.3. The number of benzene rings is 1. The zero-order valence-corrected chi connectivity index (χ0v) is 24.8. The van der Waals surface area contributed by atoms with Crippen LogP contribution in [-0.2, 0) is 19.1 Å². The molecular weight excluding hydrogens is 551 g/mol. The lowest BCUT2D eigenvalue weighted by atomic mass is 9.74. The summed E-state index contributed by atoms with van der Waals surface area (Å²) in [6, 6.07) is 4.10. The molecule has 3 fully saturated rings. The van der Waals surface area contributed by atoms with E-state index in [1.165, 1.54) is 6.42 Å². The second-order valence-corrected chi connectivity index (χ2v) is 12.6. The van der Waals surface area contributed by atoms with E-state index in [4.69, 9.17) is 27.9 Å². The molecule has 40 heavy (non-hydrogen) atoms. The Balaban J connectivity index is 1.38. The van der Waals surface area contributed by atoms with Crippen LogP contribution in [0.3, 0.4) is 0 Å². The van der Waals surface area contributed by atoms with Crippen LogP contribution in [0.5, 0.6) is 0 Å². The van der Waals surface area contributed by atoms with Gasteiger partial charge in [0.2, 0.25) is 17.7 Å². The van der Waals surface area contributed by atoms with E-state index in [0.29, 0.717) is 22.3 Å². The van der Waals surface area contributed by atoms with Gasteiger partial charge in [0.25, 0.3) is 0 Å². The molecule has 2 N–H and O–H groups in total. The van der Waals surface area contributed by atoms with Crippen molar-refractivity contribution >= 4 is 46.6 Å². The number of carbonyl (C=O) groups is 3. The van der Waals surface area contributed by atoms with Gasteiger partial charge in [0.15, 0.2) is 0 Å². The number of halogens is 2. The minimum absolute atomic E-state index is 0.100. The van der Waals surface area contributed by atoms with Gasteiger partial charge in [0.05, 0.1) is 17.9 Å². The van der Waals surface area contributed by atoms with Crippen LogP contribution >= 0.6 is 23.2 Å². The zero-order valence-electron chi connectivity index (χ0n) is 23.3. The monoisotopic (exact) mass is 590 g/mol. The van der Waals surface area contributed by atoms with Crippen molar-refractivity contribution in [3.8, 4) is 0 Å². The van der Waals surface area contributed by atoms with Gasteiger partial charge in [0.1, 0.15) is 11.6 Å². The van der Waals surface area contributed by atoms with Crippen LogP contribution in [0.1, 0.15) is 58.3 Å². The van der Waals surface area contributed by atoms with Gasteiger partial charge in [-0.3, -0.25) is 14.4 Å². The number of anilines is 1. The Morgan fingerprint density at radius 1 is 1.07 bits per heavy atom. The van der Waals surface area contributed by atoms with Crippen molar-refractivity contribution in [3.05, 3.63) is 40.4 Å². The van der Waals surface area contributed by atoms with Crippen molar-refractivity contribution in [3.63, 3.8) is 0 Å². The van der Waals surface area contributed by atoms with Gasteiger partial charge in [-0.05, 0) is 64.0 Å². The van der Waals surface area contributed by atoms with Crippen LogP contribution < -0.4 is 10.6 Å². The summed E-state index contributed by atoms with van der Waals surface area (Å²) in [7, 11) is 2.08. The highest BCUT2D eigenvalue weighted by Gasteiger charge is 2.72. The van der Waals surface area contributed by atoms with E-state index < -0.39 is 29.6 Å². The molecule has 218 valence electrons. The summed E-state index contributed by atoms with van der Waals surface area (Å²) in [4.78, 5) is 45.6. The molecule has 10 heteroatoms. The molecule has 1 aromatic carbocycles. The van der Waals surface area contributed by atoms with E-state index in [-0.39, 0.29) is 23.8 Å². The van der Waals surface area contributed by atoms with Gasteiger partial charge < -0.3 is 25.2 Å². The third-order valence-corrected chi connectivity index (χ3v) is 9.28. The molecule has 5 rings (SSSR count). The van der Waals surface area contributed by atoms with Crippen LogP contribution in [0, 0.1) is 11.8 Å². The second-order valence-electron chi connectivity index (χ2n) is 11.7. The number of rotatable bonds is 11. The number of amides is 3. The zero-order chi connectivity index (χ0) is 28.4. The average molecular weight is 592 g/mol. The molecule has 0 radical (unpaired) electrons. The normalized spacial score (nSPS) is 29.3. The molecule has 3 amide bonds.